The summed E-state index contributed by atoms with van der Waals surface area (Å²) in [5.41, 5.74) is 3.26. The van der Waals surface area contributed by atoms with E-state index < -0.39 is 6.04 Å². The van der Waals surface area contributed by atoms with Crippen molar-refractivity contribution in [2.24, 2.45) is 5.92 Å². The maximum absolute atomic E-state index is 13.9. The lowest BCUT2D eigenvalue weighted by atomic mass is 9.98. The standard InChI is InChI=1S/C39H40N4O5S/c1-26-22-43(27(2)25-44)39(46)33-10-7-11-34(41-37(45)29-14-16-30(17-15-29)38-40-20-21-49-38)36(33)48-35(26)24-42(3)23-28-12-18-32(19-13-28)47-31-8-5-4-6-9-31/h4-21,26-27,35,44H,22-25H2,1-3H3,(H,41,45)/t26-,27+,35-/m0/s1. The number of carbonyl (C=O) groups is 2. The Labute approximate surface area is 290 Å². The number of aliphatic hydroxyl groups excluding tert-OH is 1. The molecule has 0 bridgehead atoms. The van der Waals surface area contributed by atoms with Crippen LogP contribution in [0.2, 0.25) is 0 Å². The molecule has 9 nitrogen and oxygen atoms in total. The third-order valence-electron chi connectivity index (χ3n) is 8.61. The van der Waals surface area contributed by atoms with Gasteiger partial charge in [-0.1, -0.05) is 55.5 Å². The van der Waals surface area contributed by atoms with Crippen LogP contribution in [0.4, 0.5) is 5.69 Å². The maximum atomic E-state index is 13.9. The Morgan fingerprint density at radius 1 is 1.04 bits per heavy atom. The molecule has 49 heavy (non-hydrogen) atoms. The summed E-state index contributed by atoms with van der Waals surface area (Å²) in [7, 11) is 2.03. The molecule has 1 aromatic heterocycles. The van der Waals surface area contributed by atoms with E-state index in [9.17, 15) is 14.7 Å². The number of thiazole rings is 1. The molecule has 0 unspecified atom stereocenters. The predicted octanol–water partition coefficient (Wildman–Crippen LogP) is 7.21. The quantitative estimate of drug-likeness (QED) is 0.152. The number of aromatic nitrogens is 1. The molecule has 5 aromatic rings. The Bertz CT molecular complexity index is 1850. The maximum Gasteiger partial charge on any atom is 0.258 e. The highest BCUT2D eigenvalue weighted by Crippen LogP contribution is 2.35. The topological polar surface area (TPSA) is 104 Å². The number of ether oxygens (including phenoxy) is 2. The van der Waals surface area contributed by atoms with Crippen molar-refractivity contribution in [2.45, 2.75) is 32.5 Å². The minimum atomic E-state index is -0.398. The van der Waals surface area contributed by atoms with Gasteiger partial charge in [-0.05, 0) is 68.1 Å². The number of likely N-dealkylation sites (N-methyl/N-ethyl adjacent to an activating group) is 1. The van der Waals surface area contributed by atoms with Gasteiger partial charge in [0.1, 0.15) is 22.6 Å². The summed E-state index contributed by atoms with van der Waals surface area (Å²) < 4.78 is 12.7. The van der Waals surface area contributed by atoms with Crippen molar-refractivity contribution in [2.75, 3.05) is 32.1 Å². The highest BCUT2D eigenvalue weighted by molar-refractivity contribution is 7.13. The van der Waals surface area contributed by atoms with E-state index in [0.29, 0.717) is 42.2 Å². The number of nitrogens with zero attached hydrogens (tertiary/aromatic N) is 3. The van der Waals surface area contributed by atoms with Gasteiger partial charge in [0.2, 0.25) is 0 Å². The minimum absolute atomic E-state index is 0.0858. The first kappa shape index (κ1) is 33.9. The van der Waals surface area contributed by atoms with Gasteiger partial charge < -0.3 is 24.8 Å². The zero-order chi connectivity index (χ0) is 34.3. The van der Waals surface area contributed by atoms with Crippen LogP contribution in [0.1, 0.15) is 40.1 Å². The predicted molar refractivity (Wildman–Crippen MR) is 192 cm³/mol. The van der Waals surface area contributed by atoms with E-state index in [1.54, 1.807) is 41.4 Å². The van der Waals surface area contributed by atoms with Crippen molar-refractivity contribution in [3.05, 3.63) is 125 Å². The summed E-state index contributed by atoms with van der Waals surface area (Å²) in [6, 6.07) is 29.8. The van der Waals surface area contributed by atoms with Crippen LogP contribution >= 0.6 is 11.3 Å². The lowest BCUT2D eigenvalue weighted by molar-refractivity contribution is 0.0343. The summed E-state index contributed by atoms with van der Waals surface area (Å²) in [5.74, 6) is 1.21. The lowest BCUT2D eigenvalue weighted by Gasteiger charge is -2.38. The van der Waals surface area contributed by atoms with Crippen LogP contribution in [0.5, 0.6) is 17.2 Å². The molecule has 0 saturated carbocycles. The fraction of sp³-hybridized carbons (Fsp3) is 0.256. The van der Waals surface area contributed by atoms with Crippen LogP contribution in [0.3, 0.4) is 0 Å². The summed E-state index contributed by atoms with van der Waals surface area (Å²) in [6.45, 7) is 5.34. The molecular formula is C39H40N4O5S. The average Bonchev–Trinajstić information content (AvgIpc) is 3.66. The molecule has 0 radical (unpaired) electrons. The number of fused-ring (bicyclic) bond motifs is 1. The molecule has 0 fully saturated rings. The van der Waals surface area contributed by atoms with Crippen molar-refractivity contribution in [1.82, 2.24) is 14.8 Å². The van der Waals surface area contributed by atoms with E-state index in [1.807, 2.05) is 86.1 Å². The monoisotopic (exact) mass is 676 g/mol. The lowest BCUT2D eigenvalue weighted by Crippen LogP contribution is -2.49. The number of rotatable bonds is 11. The second-order valence-corrected chi connectivity index (χ2v) is 13.3. The fourth-order valence-electron chi connectivity index (χ4n) is 5.86. The molecular weight excluding hydrogens is 637 g/mol. The van der Waals surface area contributed by atoms with E-state index >= 15 is 0 Å². The van der Waals surface area contributed by atoms with Gasteiger partial charge in [0.15, 0.2) is 5.75 Å². The van der Waals surface area contributed by atoms with Crippen LogP contribution < -0.4 is 14.8 Å². The Morgan fingerprint density at radius 2 is 1.78 bits per heavy atom. The van der Waals surface area contributed by atoms with Gasteiger partial charge in [0.25, 0.3) is 11.8 Å². The Kier molecular flexibility index (Phi) is 10.7. The van der Waals surface area contributed by atoms with Crippen LogP contribution in [0.25, 0.3) is 10.6 Å². The van der Waals surface area contributed by atoms with Crippen molar-refractivity contribution >= 4 is 28.8 Å². The third-order valence-corrected chi connectivity index (χ3v) is 9.43. The normalized spacial score (nSPS) is 16.7. The first-order valence-electron chi connectivity index (χ1n) is 16.3. The number of anilines is 1. The Morgan fingerprint density at radius 3 is 2.47 bits per heavy atom. The second kappa shape index (κ2) is 15.5. The van der Waals surface area contributed by atoms with Crippen LogP contribution in [0, 0.1) is 5.92 Å². The summed E-state index contributed by atoms with van der Waals surface area (Å²) in [5, 5.41) is 15.8. The molecule has 0 saturated heterocycles. The first-order valence-corrected chi connectivity index (χ1v) is 17.2. The van der Waals surface area contributed by atoms with Gasteiger partial charge in [0.05, 0.1) is 23.9 Å². The summed E-state index contributed by atoms with van der Waals surface area (Å²) in [4.78, 5) is 35.6. The molecule has 0 aliphatic carbocycles. The van der Waals surface area contributed by atoms with Crippen molar-refractivity contribution < 1.29 is 24.2 Å². The van der Waals surface area contributed by atoms with E-state index in [4.69, 9.17) is 9.47 Å². The van der Waals surface area contributed by atoms with Gasteiger partial charge in [-0.3, -0.25) is 14.5 Å². The fourth-order valence-corrected chi connectivity index (χ4v) is 6.50. The molecule has 2 amide bonds. The van der Waals surface area contributed by atoms with Gasteiger partial charge in [0, 0.05) is 48.3 Å². The van der Waals surface area contributed by atoms with Crippen LogP contribution in [0.15, 0.2) is 109 Å². The molecule has 10 heteroatoms. The summed E-state index contributed by atoms with van der Waals surface area (Å²) in [6.07, 6.45) is 1.42. The number of carbonyl (C=O) groups excluding carboxylic acids is 2. The minimum Gasteiger partial charge on any atom is -0.486 e. The zero-order valence-corrected chi connectivity index (χ0v) is 28.6. The number of para-hydroxylation sites is 2. The largest absolute Gasteiger partial charge is 0.486 e. The van der Waals surface area contributed by atoms with E-state index in [1.165, 1.54) is 11.3 Å². The number of hydrogen-bond donors (Lipinski definition) is 2. The number of nitrogens with one attached hydrogen (secondary N) is 1. The molecule has 0 spiro atoms. The van der Waals surface area contributed by atoms with Crippen molar-refractivity contribution in [3.8, 4) is 27.8 Å². The van der Waals surface area contributed by atoms with Gasteiger partial charge >= 0.3 is 0 Å². The van der Waals surface area contributed by atoms with Gasteiger partial charge in [-0.15, -0.1) is 11.3 Å². The Balaban J connectivity index is 1.21. The number of benzene rings is 4. The highest BCUT2D eigenvalue weighted by Gasteiger charge is 2.34. The van der Waals surface area contributed by atoms with Crippen molar-refractivity contribution in [1.29, 1.82) is 0 Å². The van der Waals surface area contributed by atoms with Crippen molar-refractivity contribution in [3.63, 3.8) is 0 Å². The zero-order valence-electron chi connectivity index (χ0n) is 27.8. The molecule has 6 rings (SSSR count). The number of aliphatic hydroxyl groups is 1. The number of hydrogen-bond acceptors (Lipinski definition) is 8. The van der Waals surface area contributed by atoms with Crippen LogP contribution in [-0.4, -0.2) is 70.6 Å². The van der Waals surface area contributed by atoms with Crippen LogP contribution in [-0.2, 0) is 6.54 Å². The Hall–Kier alpha value is -5.03. The first-order chi connectivity index (χ1) is 23.8. The molecule has 2 heterocycles. The molecule has 1 aliphatic heterocycles. The molecule has 2 N–H and O–H groups in total. The molecule has 1 aliphatic rings. The molecule has 252 valence electrons. The molecule has 3 atom stereocenters. The summed E-state index contributed by atoms with van der Waals surface area (Å²) >= 11 is 1.53. The number of amides is 2. The average molecular weight is 677 g/mol. The third kappa shape index (κ3) is 8.17. The molecule has 4 aromatic carbocycles. The second-order valence-electron chi connectivity index (χ2n) is 12.4. The van der Waals surface area contributed by atoms with Gasteiger partial charge in [-0.2, -0.15) is 0 Å². The van der Waals surface area contributed by atoms with E-state index in [2.05, 4.69) is 22.1 Å². The smallest absolute Gasteiger partial charge is 0.258 e. The SMILES string of the molecule is C[C@H](CO)N1C[C@H](C)[C@H](CN(C)Cc2ccc(Oc3ccccc3)cc2)Oc2c(NC(=O)c3ccc(-c4nccs4)cc3)cccc2C1=O. The highest BCUT2D eigenvalue weighted by atomic mass is 32.1. The van der Waals surface area contributed by atoms with E-state index in [-0.39, 0.29) is 30.4 Å². The van der Waals surface area contributed by atoms with Gasteiger partial charge in [-0.25, -0.2) is 4.98 Å². The van der Waals surface area contributed by atoms with E-state index in [0.717, 1.165) is 27.6 Å².